The molecular weight excluding hydrogens is 250 g/mol. The molecule has 0 saturated heterocycles. The normalized spacial score (nSPS) is 16.1. The summed E-state index contributed by atoms with van der Waals surface area (Å²) in [6.45, 7) is 0.512. The maximum Gasteiger partial charge on any atom is 0.273 e. The van der Waals surface area contributed by atoms with E-state index < -0.39 is 0 Å². The molecule has 1 aromatic carbocycles. The summed E-state index contributed by atoms with van der Waals surface area (Å²) in [4.78, 5) is 18.8. The summed E-state index contributed by atoms with van der Waals surface area (Å²) in [5, 5.41) is 1.94. The van der Waals surface area contributed by atoms with Crippen molar-refractivity contribution in [1.82, 2.24) is 9.88 Å². The lowest BCUT2D eigenvalue weighted by Crippen LogP contribution is -2.43. The van der Waals surface area contributed by atoms with E-state index in [1.54, 1.807) is 11.1 Å². The van der Waals surface area contributed by atoms with Crippen LogP contribution in [0.15, 0.2) is 36.5 Å². The number of carbonyl (C=O) groups excluding carboxylic acids is 1. The molecule has 0 bridgehead atoms. The number of hydrogen-bond acceptors (Lipinski definition) is 3. The third-order valence-corrected chi connectivity index (χ3v) is 4.10. The molecule has 2 N–H and O–H groups in total. The number of aromatic nitrogens is 1. The van der Waals surface area contributed by atoms with E-state index in [9.17, 15) is 4.79 Å². The number of amides is 1. The molecule has 1 aromatic heterocycles. The molecule has 0 aliphatic heterocycles. The minimum absolute atomic E-state index is 0.0378. The molecule has 1 saturated carbocycles. The van der Waals surface area contributed by atoms with Gasteiger partial charge >= 0.3 is 0 Å². The maximum atomic E-state index is 12.7. The van der Waals surface area contributed by atoms with Gasteiger partial charge in [-0.1, -0.05) is 24.3 Å². The van der Waals surface area contributed by atoms with Crippen molar-refractivity contribution in [1.29, 1.82) is 0 Å². The van der Waals surface area contributed by atoms with Crippen LogP contribution in [-0.2, 0) is 0 Å². The van der Waals surface area contributed by atoms with Crippen LogP contribution >= 0.6 is 0 Å². The van der Waals surface area contributed by atoms with E-state index in [1.807, 2.05) is 37.4 Å². The molecule has 0 spiro atoms. The lowest BCUT2D eigenvalue weighted by atomic mass is 10.1. The van der Waals surface area contributed by atoms with Gasteiger partial charge in [0.2, 0.25) is 0 Å². The predicted octanol–water partition coefficient (Wildman–Crippen LogP) is 2.04. The van der Waals surface area contributed by atoms with E-state index in [0.29, 0.717) is 18.2 Å². The highest BCUT2D eigenvalue weighted by atomic mass is 16.2. The van der Waals surface area contributed by atoms with Crippen molar-refractivity contribution in [3.8, 4) is 0 Å². The number of hydrogen-bond donors (Lipinski definition) is 1. The molecule has 1 heterocycles. The summed E-state index contributed by atoms with van der Waals surface area (Å²) < 4.78 is 0. The lowest BCUT2D eigenvalue weighted by Gasteiger charge is -2.27. The van der Waals surface area contributed by atoms with Crippen molar-refractivity contribution < 1.29 is 4.79 Å². The van der Waals surface area contributed by atoms with Crippen LogP contribution in [0.25, 0.3) is 10.8 Å². The number of likely N-dealkylation sites (N-methyl/N-ethyl adjacent to an activating group) is 1. The van der Waals surface area contributed by atoms with Crippen molar-refractivity contribution in [3.63, 3.8) is 0 Å². The van der Waals surface area contributed by atoms with Crippen LogP contribution in [0.2, 0.25) is 0 Å². The van der Waals surface area contributed by atoms with Crippen LogP contribution < -0.4 is 5.73 Å². The highest BCUT2D eigenvalue weighted by Crippen LogP contribution is 2.35. The number of rotatable bonds is 4. The first-order chi connectivity index (χ1) is 9.72. The Bertz CT molecular complexity index is 631. The van der Waals surface area contributed by atoms with Crippen molar-refractivity contribution in [2.75, 3.05) is 13.6 Å². The van der Waals surface area contributed by atoms with Crippen LogP contribution in [0.4, 0.5) is 0 Å². The monoisotopic (exact) mass is 269 g/mol. The number of carbonyl (C=O) groups is 1. The second-order valence-corrected chi connectivity index (χ2v) is 5.44. The number of pyridine rings is 1. The first-order valence-corrected chi connectivity index (χ1v) is 7.03. The number of benzene rings is 1. The molecule has 104 valence electrons. The standard InChI is InChI=1S/C16H19N3O/c1-19(14(10-17)12-6-7-12)16(20)15-13-5-3-2-4-11(13)8-9-18-15/h2-5,8-9,12,14H,6-7,10,17H2,1H3. The maximum absolute atomic E-state index is 12.7. The third-order valence-electron chi connectivity index (χ3n) is 4.10. The fourth-order valence-electron chi connectivity index (χ4n) is 2.76. The summed E-state index contributed by atoms with van der Waals surface area (Å²) in [6, 6.07) is 9.89. The van der Waals surface area contributed by atoms with Gasteiger partial charge in [-0.25, -0.2) is 0 Å². The Hall–Kier alpha value is -1.94. The Morgan fingerprint density at radius 2 is 2.15 bits per heavy atom. The molecule has 1 unspecified atom stereocenters. The summed E-state index contributed by atoms with van der Waals surface area (Å²) >= 11 is 0. The Balaban J connectivity index is 1.95. The van der Waals surface area contributed by atoms with Gasteiger partial charge in [0.05, 0.1) is 0 Å². The van der Waals surface area contributed by atoms with Gasteiger partial charge in [-0.3, -0.25) is 9.78 Å². The zero-order valence-corrected chi connectivity index (χ0v) is 11.6. The van der Waals surface area contributed by atoms with Gasteiger partial charge in [-0.05, 0) is 30.2 Å². The minimum Gasteiger partial charge on any atom is -0.336 e. The average Bonchev–Trinajstić information content (AvgIpc) is 3.31. The topological polar surface area (TPSA) is 59.2 Å². The van der Waals surface area contributed by atoms with Gasteiger partial charge in [0.15, 0.2) is 0 Å². The average molecular weight is 269 g/mol. The van der Waals surface area contributed by atoms with Gasteiger partial charge in [0.1, 0.15) is 5.69 Å². The Kier molecular flexibility index (Phi) is 3.40. The summed E-state index contributed by atoms with van der Waals surface area (Å²) in [5.74, 6) is 0.521. The molecule has 1 aliphatic carbocycles. The van der Waals surface area contributed by atoms with Gasteiger partial charge in [-0.2, -0.15) is 0 Å². The molecule has 0 radical (unpaired) electrons. The molecule has 4 nitrogen and oxygen atoms in total. The third kappa shape index (κ3) is 2.27. The van der Waals surface area contributed by atoms with Crippen molar-refractivity contribution in [2.24, 2.45) is 11.7 Å². The smallest absolute Gasteiger partial charge is 0.273 e. The molecule has 1 amide bonds. The second kappa shape index (κ2) is 5.21. The molecule has 2 aromatic rings. The molecule has 20 heavy (non-hydrogen) atoms. The van der Waals surface area contributed by atoms with Gasteiger partial charge < -0.3 is 10.6 Å². The zero-order chi connectivity index (χ0) is 14.1. The number of nitrogens with zero attached hydrogens (tertiary/aromatic N) is 2. The van der Waals surface area contributed by atoms with Crippen LogP contribution in [0.1, 0.15) is 23.3 Å². The summed E-state index contributed by atoms with van der Waals surface area (Å²) in [7, 11) is 1.83. The molecule has 1 atom stereocenters. The van der Waals surface area contributed by atoms with E-state index in [-0.39, 0.29) is 11.9 Å². The first-order valence-electron chi connectivity index (χ1n) is 7.03. The number of nitrogens with two attached hydrogens (primary N) is 1. The second-order valence-electron chi connectivity index (χ2n) is 5.44. The van der Waals surface area contributed by atoms with Crippen molar-refractivity contribution >= 4 is 16.7 Å². The van der Waals surface area contributed by atoms with Crippen LogP contribution in [-0.4, -0.2) is 35.4 Å². The van der Waals surface area contributed by atoms with E-state index in [0.717, 1.165) is 10.8 Å². The van der Waals surface area contributed by atoms with E-state index in [2.05, 4.69) is 4.98 Å². The molecule has 3 rings (SSSR count). The van der Waals surface area contributed by atoms with Crippen LogP contribution in [0.3, 0.4) is 0 Å². The fourth-order valence-corrected chi connectivity index (χ4v) is 2.76. The highest BCUT2D eigenvalue weighted by molar-refractivity contribution is 6.05. The lowest BCUT2D eigenvalue weighted by molar-refractivity contribution is 0.0715. The van der Waals surface area contributed by atoms with E-state index in [4.69, 9.17) is 5.73 Å². The van der Waals surface area contributed by atoms with E-state index >= 15 is 0 Å². The van der Waals surface area contributed by atoms with Crippen LogP contribution in [0.5, 0.6) is 0 Å². The Morgan fingerprint density at radius 1 is 1.40 bits per heavy atom. The van der Waals surface area contributed by atoms with Gasteiger partial charge in [0, 0.05) is 31.2 Å². The fraction of sp³-hybridized carbons (Fsp3) is 0.375. The molecular formula is C16H19N3O. The molecule has 1 fully saturated rings. The predicted molar refractivity (Wildman–Crippen MR) is 79.4 cm³/mol. The van der Waals surface area contributed by atoms with Gasteiger partial charge in [-0.15, -0.1) is 0 Å². The Labute approximate surface area is 118 Å². The quantitative estimate of drug-likeness (QED) is 0.924. The first kappa shape index (κ1) is 13.1. The van der Waals surface area contributed by atoms with Crippen LogP contribution in [0, 0.1) is 5.92 Å². The Morgan fingerprint density at radius 3 is 2.85 bits per heavy atom. The van der Waals surface area contributed by atoms with Crippen molar-refractivity contribution in [2.45, 2.75) is 18.9 Å². The minimum atomic E-state index is -0.0378. The summed E-state index contributed by atoms with van der Waals surface area (Å²) in [6.07, 6.45) is 4.03. The largest absolute Gasteiger partial charge is 0.336 e. The zero-order valence-electron chi connectivity index (χ0n) is 11.6. The molecule has 4 heteroatoms. The van der Waals surface area contributed by atoms with E-state index in [1.165, 1.54) is 12.8 Å². The number of fused-ring (bicyclic) bond motifs is 1. The van der Waals surface area contributed by atoms with Gasteiger partial charge in [0.25, 0.3) is 5.91 Å². The van der Waals surface area contributed by atoms with Crippen molar-refractivity contribution in [3.05, 3.63) is 42.2 Å². The SMILES string of the molecule is CN(C(=O)c1nccc2ccccc12)C(CN)C1CC1. The molecule has 1 aliphatic rings. The summed E-state index contributed by atoms with van der Waals surface area (Å²) in [5.41, 5.74) is 6.35. The highest BCUT2D eigenvalue weighted by Gasteiger charge is 2.35.